The van der Waals surface area contributed by atoms with Gasteiger partial charge in [0.2, 0.25) is 5.91 Å². The molecule has 1 saturated heterocycles. The van der Waals surface area contributed by atoms with Crippen molar-refractivity contribution in [2.75, 3.05) is 32.8 Å². The van der Waals surface area contributed by atoms with E-state index in [1.54, 1.807) is 0 Å². The standard InChI is InChI=1S/C23H42N2O3/c1-5-19(4)24-22(27)20-6-9-23(10-7-20)11-13-25(14-12-23)15-17-28-16-8-21(26)18(2)3/h18-20H,5-17H2,1-4H3,(H,24,27). The van der Waals surface area contributed by atoms with Gasteiger partial charge in [-0.15, -0.1) is 0 Å². The number of ether oxygens (including phenoxy) is 1. The van der Waals surface area contributed by atoms with Crippen LogP contribution in [-0.2, 0) is 14.3 Å². The van der Waals surface area contributed by atoms with Gasteiger partial charge in [-0.05, 0) is 70.4 Å². The molecule has 5 nitrogen and oxygen atoms in total. The number of amides is 1. The highest BCUT2D eigenvalue weighted by atomic mass is 16.5. The van der Waals surface area contributed by atoms with Gasteiger partial charge in [0.15, 0.2) is 0 Å². The molecule has 2 aliphatic rings. The zero-order valence-electron chi connectivity index (χ0n) is 18.6. The van der Waals surface area contributed by atoms with E-state index in [-0.39, 0.29) is 29.6 Å². The summed E-state index contributed by atoms with van der Waals surface area (Å²) in [6.45, 7) is 12.6. The SMILES string of the molecule is CCC(C)NC(=O)C1CCC2(CC1)CCN(CCOCCC(=O)C(C)C)CC2. The molecule has 0 radical (unpaired) electrons. The van der Waals surface area contributed by atoms with Crippen LogP contribution in [0.5, 0.6) is 0 Å². The molecule has 1 spiro atoms. The fourth-order valence-corrected chi connectivity index (χ4v) is 4.46. The van der Waals surface area contributed by atoms with Gasteiger partial charge in [0.25, 0.3) is 0 Å². The van der Waals surface area contributed by atoms with Crippen molar-refractivity contribution < 1.29 is 14.3 Å². The number of piperidine rings is 1. The first-order valence-electron chi connectivity index (χ1n) is 11.5. The molecule has 2 rings (SSSR count). The second-order valence-electron chi connectivity index (χ2n) is 9.42. The third kappa shape index (κ3) is 7.14. The van der Waals surface area contributed by atoms with Gasteiger partial charge < -0.3 is 15.0 Å². The molecule has 1 unspecified atom stereocenters. The van der Waals surface area contributed by atoms with Crippen molar-refractivity contribution in [3.05, 3.63) is 0 Å². The van der Waals surface area contributed by atoms with Gasteiger partial charge in [-0.3, -0.25) is 9.59 Å². The molecule has 0 aromatic heterocycles. The minimum absolute atomic E-state index is 0.109. The lowest BCUT2D eigenvalue weighted by molar-refractivity contribution is -0.128. The zero-order valence-corrected chi connectivity index (χ0v) is 18.6. The lowest BCUT2D eigenvalue weighted by Gasteiger charge is -2.45. The Morgan fingerprint density at radius 3 is 2.29 bits per heavy atom. The van der Waals surface area contributed by atoms with Gasteiger partial charge in [-0.25, -0.2) is 0 Å². The number of nitrogens with zero attached hydrogens (tertiary/aromatic N) is 1. The van der Waals surface area contributed by atoms with Crippen molar-refractivity contribution in [1.82, 2.24) is 10.2 Å². The minimum atomic E-state index is 0.109. The van der Waals surface area contributed by atoms with E-state index >= 15 is 0 Å². The van der Waals surface area contributed by atoms with Gasteiger partial charge in [-0.1, -0.05) is 20.8 Å². The van der Waals surface area contributed by atoms with Crippen molar-refractivity contribution in [2.45, 2.75) is 85.1 Å². The van der Waals surface area contributed by atoms with E-state index in [9.17, 15) is 9.59 Å². The molecule has 0 aromatic carbocycles. The van der Waals surface area contributed by atoms with E-state index in [4.69, 9.17) is 4.74 Å². The van der Waals surface area contributed by atoms with Crippen LogP contribution in [0.4, 0.5) is 0 Å². The molecule has 5 heteroatoms. The van der Waals surface area contributed by atoms with E-state index < -0.39 is 0 Å². The van der Waals surface area contributed by atoms with Gasteiger partial charge >= 0.3 is 0 Å². The number of hydrogen-bond acceptors (Lipinski definition) is 4. The van der Waals surface area contributed by atoms with Crippen LogP contribution in [0, 0.1) is 17.3 Å². The number of hydrogen-bond donors (Lipinski definition) is 1. The lowest BCUT2D eigenvalue weighted by Crippen LogP contribution is -2.45. The second-order valence-corrected chi connectivity index (χ2v) is 9.42. The van der Waals surface area contributed by atoms with Crippen LogP contribution >= 0.6 is 0 Å². The van der Waals surface area contributed by atoms with Gasteiger partial charge in [0.1, 0.15) is 5.78 Å². The normalized spacial score (nSPS) is 21.8. The largest absolute Gasteiger partial charge is 0.380 e. The molecule has 1 saturated carbocycles. The third-order valence-electron chi connectivity index (χ3n) is 7.02. The number of ketones is 1. The van der Waals surface area contributed by atoms with E-state index in [0.717, 1.165) is 45.5 Å². The zero-order chi connectivity index (χ0) is 20.6. The van der Waals surface area contributed by atoms with Crippen molar-refractivity contribution in [3.8, 4) is 0 Å². The second kappa shape index (κ2) is 11.3. The Kier molecular flexibility index (Phi) is 9.42. The Labute approximate surface area is 172 Å². The number of rotatable bonds is 10. The van der Waals surface area contributed by atoms with E-state index in [2.05, 4.69) is 24.1 Å². The molecule has 1 amide bonds. The predicted molar refractivity (Wildman–Crippen MR) is 113 cm³/mol. The predicted octanol–water partition coefficient (Wildman–Crippen LogP) is 3.81. The molecule has 162 valence electrons. The molecule has 1 aliphatic carbocycles. The lowest BCUT2D eigenvalue weighted by atomic mass is 9.65. The van der Waals surface area contributed by atoms with E-state index in [1.807, 2.05) is 13.8 Å². The smallest absolute Gasteiger partial charge is 0.223 e. The Morgan fingerprint density at radius 1 is 1.07 bits per heavy atom. The Hall–Kier alpha value is -0.940. The fourth-order valence-electron chi connectivity index (χ4n) is 4.46. The molecule has 1 heterocycles. The van der Waals surface area contributed by atoms with E-state index in [0.29, 0.717) is 18.4 Å². The minimum Gasteiger partial charge on any atom is -0.380 e. The molecule has 0 aromatic rings. The maximum atomic E-state index is 12.4. The Morgan fingerprint density at radius 2 is 1.71 bits per heavy atom. The van der Waals surface area contributed by atoms with Crippen LogP contribution < -0.4 is 5.32 Å². The number of carbonyl (C=O) groups is 2. The summed E-state index contributed by atoms with van der Waals surface area (Å²) in [4.78, 5) is 26.5. The van der Waals surface area contributed by atoms with Crippen molar-refractivity contribution in [1.29, 1.82) is 0 Å². The number of carbonyl (C=O) groups excluding carboxylic acids is 2. The average molecular weight is 395 g/mol. The highest BCUT2D eigenvalue weighted by molar-refractivity contribution is 5.80. The van der Waals surface area contributed by atoms with Crippen molar-refractivity contribution in [2.24, 2.45) is 17.3 Å². The summed E-state index contributed by atoms with van der Waals surface area (Å²) < 4.78 is 5.67. The van der Waals surface area contributed by atoms with Crippen molar-refractivity contribution >= 4 is 11.7 Å². The van der Waals surface area contributed by atoms with Gasteiger partial charge in [0.05, 0.1) is 13.2 Å². The van der Waals surface area contributed by atoms with Crippen LogP contribution in [0.3, 0.4) is 0 Å². The number of likely N-dealkylation sites (tertiary alicyclic amines) is 1. The highest BCUT2D eigenvalue weighted by Crippen LogP contribution is 2.46. The topological polar surface area (TPSA) is 58.6 Å². The third-order valence-corrected chi connectivity index (χ3v) is 7.02. The van der Waals surface area contributed by atoms with Crippen LogP contribution in [0.15, 0.2) is 0 Å². The summed E-state index contributed by atoms with van der Waals surface area (Å²) in [5.41, 5.74) is 0.466. The summed E-state index contributed by atoms with van der Waals surface area (Å²) in [6, 6.07) is 0.289. The molecular formula is C23H42N2O3. The summed E-state index contributed by atoms with van der Waals surface area (Å²) in [5, 5.41) is 3.16. The Bertz CT molecular complexity index is 488. The summed E-state index contributed by atoms with van der Waals surface area (Å²) in [7, 11) is 0. The first kappa shape index (κ1) is 23.3. The van der Waals surface area contributed by atoms with E-state index in [1.165, 1.54) is 25.7 Å². The number of Topliss-reactive ketones (excluding diaryl/α,β-unsaturated/α-hetero) is 1. The molecular weight excluding hydrogens is 352 g/mol. The molecule has 1 aliphatic heterocycles. The molecule has 1 N–H and O–H groups in total. The quantitative estimate of drug-likeness (QED) is 0.573. The molecule has 0 bridgehead atoms. The summed E-state index contributed by atoms with van der Waals surface area (Å²) >= 11 is 0. The van der Waals surface area contributed by atoms with Crippen LogP contribution in [0.2, 0.25) is 0 Å². The highest BCUT2D eigenvalue weighted by Gasteiger charge is 2.39. The van der Waals surface area contributed by atoms with Gasteiger partial charge in [0, 0.05) is 30.8 Å². The van der Waals surface area contributed by atoms with Crippen LogP contribution in [0.25, 0.3) is 0 Å². The average Bonchev–Trinajstić information content (AvgIpc) is 2.69. The molecule has 28 heavy (non-hydrogen) atoms. The maximum absolute atomic E-state index is 12.4. The fraction of sp³-hybridized carbons (Fsp3) is 0.913. The summed E-state index contributed by atoms with van der Waals surface area (Å²) in [6.07, 6.45) is 8.53. The first-order valence-corrected chi connectivity index (χ1v) is 11.5. The molecule has 2 fully saturated rings. The van der Waals surface area contributed by atoms with Crippen molar-refractivity contribution in [3.63, 3.8) is 0 Å². The molecule has 1 atom stereocenters. The maximum Gasteiger partial charge on any atom is 0.223 e. The number of nitrogens with one attached hydrogen (secondary N) is 1. The monoisotopic (exact) mass is 394 g/mol. The van der Waals surface area contributed by atoms with Crippen LogP contribution in [0.1, 0.15) is 79.1 Å². The van der Waals surface area contributed by atoms with Crippen LogP contribution in [-0.4, -0.2) is 55.5 Å². The Balaban J connectivity index is 1.61. The van der Waals surface area contributed by atoms with Gasteiger partial charge in [-0.2, -0.15) is 0 Å². The summed E-state index contributed by atoms with van der Waals surface area (Å²) in [5.74, 6) is 0.890. The first-order chi connectivity index (χ1) is 13.3.